The molecule has 118 valence electrons. The molecule has 8 heteroatoms. The Balaban J connectivity index is 2.24. The highest BCUT2D eigenvalue weighted by molar-refractivity contribution is 7.91. The van der Waals surface area contributed by atoms with Gasteiger partial charge in [-0.25, -0.2) is 8.42 Å². The van der Waals surface area contributed by atoms with Gasteiger partial charge in [-0.15, -0.1) is 0 Å². The van der Waals surface area contributed by atoms with Crippen LogP contribution < -0.4 is 10.6 Å². The van der Waals surface area contributed by atoms with E-state index in [1.807, 2.05) is 0 Å². The highest BCUT2D eigenvalue weighted by Crippen LogP contribution is 2.17. The van der Waals surface area contributed by atoms with Gasteiger partial charge in [0.15, 0.2) is 9.84 Å². The van der Waals surface area contributed by atoms with Gasteiger partial charge in [-0.05, 0) is 18.6 Å². The summed E-state index contributed by atoms with van der Waals surface area (Å²) in [6.07, 6.45) is 0.324. The highest BCUT2D eigenvalue weighted by atomic mass is 32.2. The van der Waals surface area contributed by atoms with Crippen LogP contribution in [0, 0.1) is 0 Å². The van der Waals surface area contributed by atoms with E-state index in [-0.39, 0.29) is 35.0 Å². The molecule has 1 aliphatic rings. The fourth-order valence-corrected chi connectivity index (χ4v) is 3.24. The molecule has 0 spiro atoms. The summed E-state index contributed by atoms with van der Waals surface area (Å²) in [5.74, 6) is -1.75. The van der Waals surface area contributed by atoms with Crippen molar-refractivity contribution in [1.82, 2.24) is 10.6 Å². The van der Waals surface area contributed by atoms with Gasteiger partial charge in [-0.3, -0.25) is 19.7 Å². The fraction of sp³-hybridized carbons (Fsp3) is 0.357. The number of carbonyl (C=O) groups is 3. The molecule has 1 saturated heterocycles. The highest BCUT2D eigenvalue weighted by Gasteiger charge is 2.29. The quantitative estimate of drug-likeness (QED) is 0.759. The molecule has 1 unspecified atom stereocenters. The molecule has 0 aliphatic carbocycles. The lowest BCUT2D eigenvalue weighted by molar-refractivity contribution is -0.134. The summed E-state index contributed by atoms with van der Waals surface area (Å²) in [6.45, 7) is 1.49. The van der Waals surface area contributed by atoms with E-state index >= 15 is 0 Å². The Morgan fingerprint density at radius 1 is 1.32 bits per heavy atom. The van der Waals surface area contributed by atoms with Crippen LogP contribution in [0.3, 0.4) is 0 Å². The molecule has 1 aromatic rings. The van der Waals surface area contributed by atoms with Gasteiger partial charge in [0.2, 0.25) is 11.8 Å². The molecule has 1 heterocycles. The van der Waals surface area contributed by atoms with E-state index in [4.69, 9.17) is 0 Å². The van der Waals surface area contributed by atoms with Crippen LogP contribution in [0.4, 0.5) is 0 Å². The van der Waals surface area contributed by atoms with Crippen molar-refractivity contribution in [3.05, 3.63) is 29.8 Å². The van der Waals surface area contributed by atoms with Gasteiger partial charge in [0.25, 0.3) is 5.91 Å². The van der Waals surface area contributed by atoms with Gasteiger partial charge >= 0.3 is 0 Å². The standard InChI is InChI=1S/C14H16N2O5S/c1-2-22(20,21)11-6-4-3-5-9(11)13(18)15-10-7-8-12(17)16-14(10)19/h3-6,10H,2,7-8H2,1H3,(H,15,18)(H,16,17,19). The van der Waals surface area contributed by atoms with Gasteiger partial charge in [0, 0.05) is 6.42 Å². The second-order valence-corrected chi connectivity index (χ2v) is 7.12. The lowest BCUT2D eigenvalue weighted by atomic mass is 10.1. The van der Waals surface area contributed by atoms with Gasteiger partial charge < -0.3 is 5.32 Å². The lowest BCUT2D eigenvalue weighted by Gasteiger charge is -2.22. The zero-order valence-electron chi connectivity index (χ0n) is 12.0. The first kappa shape index (κ1) is 16.2. The Kier molecular flexibility index (Phi) is 4.60. The number of hydrogen-bond donors (Lipinski definition) is 2. The Morgan fingerprint density at radius 3 is 2.64 bits per heavy atom. The van der Waals surface area contributed by atoms with Crippen LogP contribution in [0.1, 0.15) is 30.1 Å². The van der Waals surface area contributed by atoms with Crippen LogP contribution in [0.25, 0.3) is 0 Å². The molecule has 7 nitrogen and oxygen atoms in total. The van der Waals surface area contributed by atoms with Crippen molar-refractivity contribution in [3.63, 3.8) is 0 Å². The fourth-order valence-electron chi connectivity index (χ4n) is 2.15. The number of amides is 3. The van der Waals surface area contributed by atoms with Crippen molar-refractivity contribution in [1.29, 1.82) is 0 Å². The smallest absolute Gasteiger partial charge is 0.253 e. The van der Waals surface area contributed by atoms with Gasteiger partial charge in [0.05, 0.1) is 16.2 Å². The molecule has 0 saturated carbocycles. The maximum Gasteiger partial charge on any atom is 0.253 e. The maximum absolute atomic E-state index is 12.3. The van der Waals surface area contributed by atoms with E-state index in [0.717, 1.165) is 0 Å². The molecule has 0 bridgehead atoms. The normalized spacial score (nSPS) is 18.7. The van der Waals surface area contributed by atoms with Crippen LogP contribution in [-0.2, 0) is 19.4 Å². The van der Waals surface area contributed by atoms with Crippen molar-refractivity contribution in [2.45, 2.75) is 30.7 Å². The number of carbonyl (C=O) groups excluding carboxylic acids is 3. The minimum Gasteiger partial charge on any atom is -0.340 e. The average Bonchev–Trinajstić information content (AvgIpc) is 2.50. The molecule has 1 fully saturated rings. The van der Waals surface area contributed by atoms with Gasteiger partial charge in [-0.2, -0.15) is 0 Å². The Hall–Kier alpha value is -2.22. The molecule has 1 atom stereocenters. The number of rotatable bonds is 4. The molecule has 0 aromatic heterocycles. The van der Waals surface area contributed by atoms with Gasteiger partial charge in [-0.1, -0.05) is 19.1 Å². The van der Waals surface area contributed by atoms with Crippen molar-refractivity contribution in [2.24, 2.45) is 0 Å². The Morgan fingerprint density at radius 2 is 2.00 bits per heavy atom. The SMILES string of the molecule is CCS(=O)(=O)c1ccccc1C(=O)NC1CCC(=O)NC1=O. The van der Waals surface area contributed by atoms with Crippen LogP contribution in [-0.4, -0.2) is 37.9 Å². The molecule has 2 rings (SSSR count). The number of nitrogens with one attached hydrogen (secondary N) is 2. The molecule has 1 aromatic carbocycles. The third-order valence-corrected chi connectivity index (χ3v) is 5.18. The van der Waals surface area contributed by atoms with Crippen molar-refractivity contribution in [3.8, 4) is 0 Å². The topological polar surface area (TPSA) is 109 Å². The summed E-state index contributed by atoms with van der Waals surface area (Å²) >= 11 is 0. The molecule has 2 N–H and O–H groups in total. The van der Waals surface area contributed by atoms with Crippen LogP contribution in [0.2, 0.25) is 0 Å². The van der Waals surface area contributed by atoms with Crippen LogP contribution >= 0.6 is 0 Å². The first-order valence-electron chi connectivity index (χ1n) is 6.81. The molecule has 1 aliphatic heterocycles. The number of hydrogen-bond acceptors (Lipinski definition) is 5. The predicted octanol–water partition coefficient (Wildman–Crippen LogP) is 0.0152. The zero-order chi connectivity index (χ0) is 16.3. The third-order valence-electron chi connectivity index (χ3n) is 3.39. The van der Waals surface area contributed by atoms with Gasteiger partial charge in [0.1, 0.15) is 6.04 Å². The predicted molar refractivity (Wildman–Crippen MR) is 77.8 cm³/mol. The summed E-state index contributed by atoms with van der Waals surface area (Å²) in [6, 6.07) is 4.99. The van der Waals surface area contributed by atoms with E-state index in [2.05, 4.69) is 10.6 Å². The van der Waals surface area contributed by atoms with E-state index in [1.165, 1.54) is 25.1 Å². The van der Waals surface area contributed by atoms with E-state index in [0.29, 0.717) is 0 Å². The van der Waals surface area contributed by atoms with Crippen molar-refractivity contribution in [2.75, 3.05) is 5.75 Å². The monoisotopic (exact) mass is 324 g/mol. The third kappa shape index (κ3) is 3.33. The minimum absolute atomic E-state index is 0.00551. The van der Waals surface area contributed by atoms with Crippen molar-refractivity contribution >= 4 is 27.6 Å². The van der Waals surface area contributed by atoms with E-state index in [9.17, 15) is 22.8 Å². The lowest BCUT2D eigenvalue weighted by Crippen LogP contribution is -2.52. The zero-order valence-corrected chi connectivity index (χ0v) is 12.8. The van der Waals surface area contributed by atoms with Crippen LogP contribution in [0.5, 0.6) is 0 Å². The summed E-state index contributed by atoms with van der Waals surface area (Å²) in [7, 11) is -3.55. The summed E-state index contributed by atoms with van der Waals surface area (Å²) < 4.78 is 24.0. The molecule has 22 heavy (non-hydrogen) atoms. The van der Waals surface area contributed by atoms with E-state index in [1.54, 1.807) is 6.07 Å². The summed E-state index contributed by atoms with van der Waals surface area (Å²) in [4.78, 5) is 34.9. The molecular formula is C14H16N2O5S. The van der Waals surface area contributed by atoms with Crippen LogP contribution in [0.15, 0.2) is 29.2 Å². The number of benzene rings is 1. The number of sulfone groups is 1. The van der Waals surface area contributed by atoms with E-state index < -0.39 is 27.7 Å². The maximum atomic E-state index is 12.3. The Bertz CT molecular complexity index is 727. The minimum atomic E-state index is -3.55. The number of imide groups is 1. The summed E-state index contributed by atoms with van der Waals surface area (Å²) in [5, 5.41) is 4.61. The molecule has 0 radical (unpaired) electrons. The largest absolute Gasteiger partial charge is 0.340 e. The number of piperidine rings is 1. The first-order chi connectivity index (χ1) is 10.3. The van der Waals surface area contributed by atoms with Crippen molar-refractivity contribution < 1.29 is 22.8 Å². The second-order valence-electron chi connectivity index (χ2n) is 4.88. The molecule has 3 amide bonds. The summed E-state index contributed by atoms with van der Waals surface area (Å²) in [5.41, 5.74) is -0.00551. The second kappa shape index (κ2) is 6.27. The molecular weight excluding hydrogens is 308 g/mol. The average molecular weight is 324 g/mol. The Labute approximate surface area is 128 Å². The first-order valence-corrected chi connectivity index (χ1v) is 8.46.